The van der Waals surface area contributed by atoms with E-state index in [-0.39, 0.29) is 0 Å². The Hall–Kier alpha value is -2.23. The first-order valence-corrected chi connectivity index (χ1v) is 5.96. The lowest BCUT2D eigenvalue weighted by Crippen LogP contribution is -2.34. The van der Waals surface area contributed by atoms with Crippen molar-refractivity contribution in [2.75, 3.05) is 7.11 Å². The number of rotatable bonds is 5. The van der Waals surface area contributed by atoms with Crippen molar-refractivity contribution in [1.82, 2.24) is 0 Å². The molecule has 100 valence electrons. The number of hydrogen-bond acceptors (Lipinski definition) is 3. The van der Waals surface area contributed by atoms with Crippen LogP contribution in [0.25, 0.3) is 0 Å². The van der Waals surface area contributed by atoms with E-state index in [1.165, 1.54) is 0 Å². The van der Waals surface area contributed by atoms with Gasteiger partial charge < -0.3 is 14.3 Å². The van der Waals surface area contributed by atoms with E-state index in [1.54, 1.807) is 56.7 Å². The third kappa shape index (κ3) is 2.62. The van der Waals surface area contributed by atoms with Crippen LogP contribution < -0.4 is 4.74 Å². The van der Waals surface area contributed by atoms with Gasteiger partial charge in [-0.25, -0.2) is 0 Å². The van der Waals surface area contributed by atoms with Gasteiger partial charge in [-0.2, -0.15) is 0 Å². The van der Waals surface area contributed by atoms with Crippen LogP contribution in [0.15, 0.2) is 47.1 Å². The van der Waals surface area contributed by atoms with Gasteiger partial charge in [0.2, 0.25) is 0 Å². The molecular formula is C15H16O4. The topological polar surface area (TPSA) is 59.7 Å². The van der Waals surface area contributed by atoms with E-state index in [9.17, 15) is 9.90 Å². The van der Waals surface area contributed by atoms with Crippen molar-refractivity contribution in [3.05, 3.63) is 54.0 Å². The number of carbonyl (C=O) groups is 1. The first kappa shape index (κ1) is 13.2. The fourth-order valence-corrected chi connectivity index (χ4v) is 2.02. The van der Waals surface area contributed by atoms with Crippen molar-refractivity contribution in [3.8, 4) is 5.75 Å². The zero-order valence-electron chi connectivity index (χ0n) is 10.9. The highest BCUT2D eigenvalue weighted by Crippen LogP contribution is 2.30. The van der Waals surface area contributed by atoms with Gasteiger partial charge in [0.05, 0.1) is 18.8 Å². The Labute approximate surface area is 111 Å². The molecule has 0 spiro atoms. The van der Waals surface area contributed by atoms with Crippen LogP contribution in [0, 0.1) is 0 Å². The first-order chi connectivity index (χ1) is 9.06. The molecule has 1 heterocycles. The number of methoxy groups -OCH3 is 1. The number of ether oxygens (including phenoxy) is 1. The van der Waals surface area contributed by atoms with Crippen molar-refractivity contribution < 1.29 is 19.1 Å². The highest BCUT2D eigenvalue weighted by molar-refractivity contribution is 5.81. The van der Waals surface area contributed by atoms with Crippen molar-refractivity contribution >= 4 is 5.97 Å². The second kappa shape index (κ2) is 5.18. The lowest BCUT2D eigenvalue weighted by Gasteiger charge is -2.24. The molecule has 0 aliphatic rings. The van der Waals surface area contributed by atoms with E-state index in [1.807, 2.05) is 0 Å². The highest BCUT2D eigenvalue weighted by atomic mass is 16.5. The molecule has 0 fully saturated rings. The predicted octanol–water partition coefficient (Wildman–Crippen LogP) is 2.87. The second-order valence-corrected chi connectivity index (χ2v) is 4.62. The highest BCUT2D eigenvalue weighted by Gasteiger charge is 2.36. The molecule has 1 aromatic heterocycles. The summed E-state index contributed by atoms with van der Waals surface area (Å²) >= 11 is 0. The molecule has 0 bridgehead atoms. The van der Waals surface area contributed by atoms with Crippen LogP contribution >= 0.6 is 0 Å². The van der Waals surface area contributed by atoms with E-state index in [4.69, 9.17) is 9.15 Å². The Morgan fingerprint density at radius 3 is 2.47 bits per heavy atom. The minimum Gasteiger partial charge on any atom is -0.497 e. The van der Waals surface area contributed by atoms with Gasteiger partial charge in [0, 0.05) is 6.42 Å². The van der Waals surface area contributed by atoms with E-state index in [0.717, 1.165) is 5.56 Å². The molecule has 4 nitrogen and oxygen atoms in total. The van der Waals surface area contributed by atoms with E-state index < -0.39 is 11.4 Å². The van der Waals surface area contributed by atoms with Crippen molar-refractivity contribution in [1.29, 1.82) is 0 Å². The minimum absolute atomic E-state index is 0.307. The molecule has 4 heteroatoms. The molecule has 0 radical (unpaired) electrons. The molecule has 2 rings (SSSR count). The number of furan rings is 1. The average molecular weight is 260 g/mol. The molecule has 1 unspecified atom stereocenters. The predicted molar refractivity (Wildman–Crippen MR) is 70.4 cm³/mol. The van der Waals surface area contributed by atoms with Gasteiger partial charge in [-0.15, -0.1) is 0 Å². The zero-order chi connectivity index (χ0) is 13.9. The van der Waals surface area contributed by atoms with Crippen LogP contribution in [0.2, 0.25) is 0 Å². The molecular weight excluding hydrogens is 244 g/mol. The number of aliphatic carboxylic acids is 1. The number of carboxylic acid groups (broad SMARTS) is 1. The first-order valence-electron chi connectivity index (χ1n) is 5.96. The van der Waals surface area contributed by atoms with Crippen molar-refractivity contribution in [2.24, 2.45) is 0 Å². The summed E-state index contributed by atoms with van der Waals surface area (Å²) in [7, 11) is 1.58. The van der Waals surface area contributed by atoms with Crippen LogP contribution in [0.4, 0.5) is 0 Å². The van der Waals surface area contributed by atoms with Gasteiger partial charge in [-0.05, 0) is 36.8 Å². The third-order valence-corrected chi connectivity index (χ3v) is 3.31. The van der Waals surface area contributed by atoms with Gasteiger partial charge in [-0.1, -0.05) is 12.1 Å². The summed E-state index contributed by atoms with van der Waals surface area (Å²) in [6.45, 7) is 1.69. The summed E-state index contributed by atoms with van der Waals surface area (Å²) in [5.41, 5.74) is -0.304. The summed E-state index contributed by atoms with van der Waals surface area (Å²) in [5, 5.41) is 9.54. The Morgan fingerprint density at radius 1 is 1.32 bits per heavy atom. The molecule has 2 aromatic rings. The third-order valence-electron chi connectivity index (χ3n) is 3.31. The number of benzene rings is 1. The monoisotopic (exact) mass is 260 g/mol. The Morgan fingerprint density at radius 2 is 2.00 bits per heavy atom. The van der Waals surface area contributed by atoms with Gasteiger partial charge in [0.25, 0.3) is 0 Å². The van der Waals surface area contributed by atoms with E-state index >= 15 is 0 Å². The molecule has 19 heavy (non-hydrogen) atoms. The van der Waals surface area contributed by atoms with Crippen molar-refractivity contribution in [3.63, 3.8) is 0 Å². The van der Waals surface area contributed by atoms with Gasteiger partial charge in [0.15, 0.2) is 0 Å². The maximum absolute atomic E-state index is 11.6. The molecule has 0 saturated heterocycles. The standard InChI is InChI=1S/C15H16O4/c1-15(14(16)17,10-13-4-3-9-19-13)11-5-7-12(18-2)8-6-11/h3-9H,10H2,1-2H3,(H,16,17). The fraction of sp³-hybridized carbons (Fsp3) is 0.267. The van der Waals surface area contributed by atoms with Crippen LogP contribution in [0.3, 0.4) is 0 Å². The van der Waals surface area contributed by atoms with Gasteiger partial charge in [0.1, 0.15) is 11.5 Å². The quantitative estimate of drug-likeness (QED) is 0.898. The maximum Gasteiger partial charge on any atom is 0.314 e. The minimum atomic E-state index is -1.02. The van der Waals surface area contributed by atoms with Crippen LogP contribution in [0.1, 0.15) is 18.2 Å². The lowest BCUT2D eigenvalue weighted by atomic mass is 9.79. The molecule has 1 aromatic carbocycles. The zero-order valence-corrected chi connectivity index (χ0v) is 10.9. The molecule has 1 atom stereocenters. The van der Waals surface area contributed by atoms with Crippen LogP contribution in [-0.2, 0) is 16.6 Å². The molecule has 0 aliphatic heterocycles. The largest absolute Gasteiger partial charge is 0.497 e. The molecule has 1 N–H and O–H groups in total. The van der Waals surface area contributed by atoms with Crippen molar-refractivity contribution in [2.45, 2.75) is 18.8 Å². The normalized spacial score (nSPS) is 13.8. The Kier molecular flexibility index (Phi) is 3.60. The number of carboxylic acids is 1. The van der Waals surface area contributed by atoms with E-state index in [0.29, 0.717) is 17.9 Å². The summed E-state index contributed by atoms with van der Waals surface area (Å²) in [4.78, 5) is 11.6. The molecule has 0 amide bonds. The van der Waals surface area contributed by atoms with Gasteiger partial charge >= 0.3 is 5.97 Å². The fourth-order valence-electron chi connectivity index (χ4n) is 2.02. The van der Waals surface area contributed by atoms with Crippen LogP contribution in [-0.4, -0.2) is 18.2 Å². The summed E-state index contributed by atoms with van der Waals surface area (Å²) in [5.74, 6) is 0.476. The smallest absolute Gasteiger partial charge is 0.314 e. The van der Waals surface area contributed by atoms with E-state index in [2.05, 4.69) is 0 Å². The molecule has 0 aliphatic carbocycles. The lowest BCUT2D eigenvalue weighted by molar-refractivity contribution is -0.143. The Bertz CT molecular complexity index is 542. The molecule has 0 saturated carbocycles. The summed E-state index contributed by atoms with van der Waals surface area (Å²) in [6.07, 6.45) is 1.85. The number of hydrogen-bond donors (Lipinski definition) is 1. The Balaban J connectivity index is 2.34. The van der Waals surface area contributed by atoms with Crippen LogP contribution in [0.5, 0.6) is 5.75 Å². The van der Waals surface area contributed by atoms with Gasteiger partial charge in [-0.3, -0.25) is 4.79 Å². The summed E-state index contributed by atoms with van der Waals surface area (Å²) in [6, 6.07) is 10.6. The summed E-state index contributed by atoms with van der Waals surface area (Å²) < 4.78 is 10.3. The maximum atomic E-state index is 11.6. The average Bonchev–Trinajstić information content (AvgIpc) is 2.91. The second-order valence-electron chi connectivity index (χ2n) is 4.62. The SMILES string of the molecule is COc1ccc(C(C)(Cc2ccco2)C(=O)O)cc1.